The molecule has 1 aliphatic rings. The quantitative estimate of drug-likeness (QED) is 0.879. The molecule has 5 heteroatoms. The van der Waals surface area contributed by atoms with Crippen molar-refractivity contribution in [3.63, 3.8) is 0 Å². The van der Waals surface area contributed by atoms with Crippen molar-refractivity contribution >= 4 is 11.9 Å². The molecular weight excluding hydrogens is 294 g/mol. The van der Waals surface area contributed by atoms with Crippen LogP contribution >= 0.6 is 0 Å². The molecule has 0 fully saturated rings. The molecule has 1 heterocycles. The van der Waals surface area contributed by atoms with Crippen LogP contribution in [-0.2, 0) is 22.5 Å². The molecule has 0 saturated carbocycles. The van der Waals surface area contributed by atoms with Crippen LogP contribution in [0.5, 0.6) is 5.75 Å². The predicted octanol–water partition coefficient (Wildman–Crippen LogP) is 2.13. The first-order valence-electron chi connectivity index (χ1n) is 7.35. The van der Waals surface area contributed by atoms with Crippen molar-refractivity contribution in [2.24, 2.45) is 0 Å². The summed E-state index contributed by atoms with van der Waals surface area (Å²) < 4.78 is 4.89. The summed E-state index contributed by atoms with van der Waals surface area (Å²) in [5, 5.41) is 9.36. The Balaban J connectivity index is 1.87. The second-order valence-corrected chi connectivity index (χ2v) is 5.50. The number of carbonyl (C=O) groups is 2. The van der Waals surface area contributed by atoms with Gasteiger partial charge in [-0.15, -0.1) is 0 Å². The van der Waals surface area contributed by atoms with Gasteiger partial charge in [0, 0.05) is 18.5 Å². The van der Waals surface area contributed by atoms with Gasteiger partial charge in [0.1, 0.15) is 11.8 Å². The summed E-state index contributed by atoms with van der Waals surface area (Å²) >= 11 is 0. The van der Waals surface area contributed by atoms with Crippen LogP contribution in [0.3, 0.4) is 0 Å². The Morgan fingerprint density at radius 1 is 1.22 bits per heavy atom. The lowest BCUT2D eigenvalue weighted by Crippen LogP contribution is -2.43. The second kappa shape index (κ2) is 6.12. The van der Waals surface area contributed by atoms with Crippen LogP contribution in [0.15, 0.2) is 48.5 Å². The van der Waals surface area contributed by atoms with E-state index in [4.69, 9.17) is 4.74 Å². The van der Waals surface area contributed by atoms with Gasteiger partial charge in [0.25, 0.3) is 5.91 Å². The highest BCUT2D eigenvalue weighted by Gasteiger charge is 2.36. The first kappa shape index (κ1) is 15.1. The smallest absolute Gasteiger partial charge is 0.328 e. The van der Waals surface area contributed by atoms with Gasteiger partial charge in [-0.05, 0) is 29.3 Å². The number of phenolic OH excluding ortho intramolecular Hbond substituents is 1. The van der Waals surface area contributed by atoms with E-state index in [9.17, 15) is 14.7 Å². The Labute approximate surface area is 134 Å². The Kier molecular flexibility index (Phi) is 4.02. The summed E-state index contributed by atoms with van der Waals surface area (Å²) in [5.74, 6) is -0.443. The fraction of sp³-hybridized carbons (Fsp3) is 0.222. The number of phenols is 1. The number of methoxy groups -OCH3 is 1. The normalized spacial score (nSPS) is 14.5. The minimum atomic E-state index is -0.690. The van der Waals surface area contributed by atoms with Crippen LogP contribution in [0.2, 0.25) is 0 Å². The van der Waals surface area contributed by atoms with Gasteiger partial charge in [-0.25, -0.2) is 4.79 Å². The molecule has 2 aromatic carbocycles. The first-order valence-corrected chi connectivity index (χ1v) is 7.35. The van der Waals surface area contributed by atoms with E-state index in [1.54, 1.807) is 35.2 Å². The van der Waals surface area contributed by atoms with Gasteiger partial charge in [-0.1, -0.05) is 30.3 Å². The van der Waals surface area contributed by atoms with Crippen LogP contribution in [-0.4, -0.2) is 35.0 Å². The summed E-state index contributed by atoms with van der Waals surface area (Å²) in [6.45, 7) is 0.396. The maximum Gasteiger partial charge on any atom is 0.328 e. The highest BCUT2D eigenvalue weighted by atomic mass is 16.5. The lowest BCUT2D eigenvalue weighted by molar-refractivity contribution is -0.146. The molecule has 2 aromatic rings. The van der Waals surface area contributed by atoms with Gasteiger partial charge in [0.05, 0.1) is 7.11 Å². The largest absolute Gasteiger partial charge is 0.508 e. The van der Waals surface area contributed by atoms with Gasteiger partial charge >= 0.3 is 5.97 Å². The number of nitrogens with zero attached hydrogens (tertiary/aromatic N) is 1. The zero-order valence-electron chi connectivity index (χ0n) is 12.7. The van der Waals surface area contributed by atoms with Crippen molar-refractivity contribution in [2.75, 3.05) is 7.11 Å². The summed E-state index contributed by atoms with van der Waals surface area (Å²) in [6.07, 6.45) is 0.340. The van der Waals surface area contributed by atoms with E-state index in [1.807, 2.05) is 18.2 Å². The van der Waals surface area contributed by atoms with E-state index in [-0.39, 0.29) is 11.7 Å². The van der Waals surface area contributed by atoms with E-state index in [1.165, 1.54) is 7.11 Å². The first-order chi connectivity index (χ1) is 11.1. The predicted molar refractivity (Wildman–Crippen MR) is 83.9 cm³/mol. The fourth-order valence-electron chi connectivity index (χ4n) is 2.84. The third-order valence-electron chi connectivity index (χ3n) is 4.06. The number of ether oxygens (including phenoxy) is 1. The van der Waals surface area contributed by atoms with Crippen molar-refractivity contribution in [1.82, 2.24) is 4.90 Å². The molecule has 0 aromatic heterocycles. The molecule has 0 radical (unpaired) electrons. The molecule has 23 heavy (non-hydrogen) atoms. The summed E-state index contributed by atoms with van der Waals surface area (Å²) in [5.41, 5.74) is 2.39. The third-order valence-corrected chi connectivity index (χ3v) is 4.06. The highest BCUT2D eigenvalue weighted by Crippen LogP contribution is 2.26. The molecule has 1 N–H and O–H groups in total. The number of amides is 1. The van der Waals surface area contributed by atoms with Gasteiger partial charge in [-0.2, -0.15) is 0 Å². The third kappa shape index (κ3) is 2.90. The molecule has 0 unspecified atom stereocenters. The molecule has 0 aliphatic carbocycles. The number of hydrogen-bond acceptors (Lipinski definition) is 4. The summed E-state index contributed by atoms with van der Waals surface area (Å²) in [4.78, 5) is 26.3. The Hall–Kier alpha value is -2.82. The molecule has 0 saturated heterocycles. The lowest BCUT2D eigenvalue weighted by Gasteiger charge is -2.25. The molecule has 1 atom stereocenters. The number of aromatic hydroxyl groups is 1. The average molecular weight is 311 g/mol. The SMILES string of the molecule is COC(=O)[C@@H](Cc1ccc(O)cc1)N1Cc2ccccc2C1=O. The number of carbonyl (C=O) groups excluding carboxylic acids is 2. The fourth-order valence-corrected chi connectivity index (χ4v) is 2.84. The average Bonchev–Trinajstić information content (AvgIpc) is 2.91. The highest BCUT2D eigenvalue weighted by molar-refractivity contribution is 6.00. The van der Waals surface area contributed by atoms with Gasteiger partial charge in [0.2, 0.25) is 0 Å². The zero-order valence-corrected chi connectivity index (χ0v) is 12.7. The Morgan fingerprint density at radius 2 is 1.91 bits per heavy atom. The maximum atomic E-state index is 12.6. The summed E-state index contributed by atoms with van der Waals surface area (Å²) in [6, 6.07) is 13.3. The topological polar surface area (TPSA) is 66.8 Å². The van der Waals surface area contributed by atoms with Crippen molar-refractivity contribution < 1.29 is 19.4 Å². The van der Waals surface area contributed by atoms with Crippen LogP contribution in [0, 0.1) is 0 Å². The zero-order chi connectivity index (χ0) is 16.4. The van der Waals surface area contributed by atoms with Gasteiger partial charge in [0.15, 0.2) is 0 Å². The Morgan fingerprint density at radius 3 is 2.57 bits per heavy atom. The van der Waals surface area contributed by atoms with E-state index in [0.29, 0.717) is 18.5 Å². The molecule has 0 bridgehead atoms. The van der Waals surface area contributed by atoms with Crippen molar-refractivity contribution in [3.8, 4) is 5.75 Å². The number of rotatable bonds is 4. The van der Waals surface area contributed by atoms with E-state index >= 15 is 0 Å². The lowest BCUT2D eigenvalue weighted by atomic mass is 10.0. The molecule has 1 amide bonds. The van der Waals surface area contributed by atoms with Crippen molar-refractivity contribution in [1.29, 1.82) is 0 Å². The van der Waals surface area contributed by atoms with Crippen LogP contribution in [0.4, 0.5) is 0 Å². The molecule has 0 spiro atoms. The molecule has 5 nitrogen and oxygen atoms in total. The van der Waals surface area contributed by atoms with E-state index in [2.05, 4.69) is 0 Å². The van der Waals surface area contributed by atoms with Crippen molar-refractivity contribution in [3.05, 3.63) is 65.2 Å². The van der Waals surface area contributed by atoms with Crippen LogP contribution in [0.25, 0.3) is 0 Å². The molecule has 118 valence electrons. The van der Waals surface area contributed by atoms with Crippen LogP contribution in [0.1, 0.15) is 21.5 Å². The number of benzene rings is 2. The standard InChI is InChI=1S/C18H17NO4/c1-23-18(22)16(10-12-6-8-14(20)9-7-12)19-11-13-4-2-3-5-15(13)17(19)21/h2-9,16,20H,10-11H2,1H3/t16-/m1/s1. The van der Waals surface area contributed by atoms with Crippen molar-refractivity contribution in [2.45, 2.75) is 19.0 Å². The van der Waals surface area contributed by atoms with E-state index < -0.39 is 12.0 Å². The molecular formula is C18H17NO4. The number of esters is 1. The van der Waals surface area contributed by atoms with Gasteiger partial charge in [-0.3, -0.25) is 4.79 Å². The monoisotopic (exact) mass is 311 g/mol. The van der Waals surface area contributed by atoms with Gasteiger partial charge < -0.3 is 14.7 Å². The summed E-state index contributed by atoms with van der Waals surface area (Å²) in [7, 11) is 1.32. The van der Waals surface area contributed by atoms with E-state index in [0.717, 1.165) is 11.1 Å². The Bertz CT molecular complexity index is 739. The molecule has 3 rings (SSSR count). The number of hydrogen-bond donors (Lipinski definition) is 1. The van der Waals surface area contributed by atoms with Crippen LogP contribution < -0.4 is 0 Å². The second-order valence-electron chi connectivity index (χ2n) is 5.50. The minimum Gasteiger partial charge on any atom is -0.508 e. The number of fused-ring (bicyclic) bond motifs is 1. The molecule has 1 aliphatic heterocycles. The minimum absolute atomic E-state index is 0.158. The maximum absolute atomic E-state index is 12.6.